The van der Waals surface area contributed by atoms with Crippen LogP contribution in [0.15, 0.2) is 56.9 Å². The van der Waals surface area contributed by atoms with Crippen molar-refractivity contribution in [3.8, 4) is 0 Å². The number of ketones is 1. The third-order valence-corrected chi connectivity index (χ3v) is 5.64. The molecule has 0 amide bonds. The Morgan fingerprint density at radius 1 is 1.26 bits per heavy atom. The van der Waals surface area contributed by atoms with Crippen molar-refractivity contribution in [1.29, 1.82) is 0 Å². The number of carbonyl (C=O) groups excluding carboxylic acids is 1. The third-order valence-electron chi connectivity index (χ3n) is 3.90. The number of fused-ring (bicyclic) bond motifs is 1. The van der Waals surface area contributed by atoms with Crippen molar-refractivity contribution in [3.05, 3.63) is 67.9 Å². The van der Waals surface area contributed by atoms with Crippen LogP contribution in [0.1, 0.15) is 10.4 Å². The predicted octanol–water partition coefficient (Wildman–Crippen LogP) is 4.43. The Balaban J connectivity index is 1.92. The molecule has 0 atom stereocenters. The first kappa shape index (κ1) is 20.1. The molecule has 0 unspecified atom stereocenters. The lowest BCUT2D eigenvalue weighted by Crippen LogP contribution is -2.25. The number of halogens is 2. The number of carbonyl (C=O) groups is 1. The van der Waals surface area contributed by atoms with Gasteiger partial charge in [0.25, 0.3) is 5.56 Å². The van der Waals surface area contributed by atoms with E-state index >= 15 is 0 Å². The summed E-state index contributed by atoms with van der Waals surface area (Å²) in [6, 6.07) is 12.2. The number of benzene rings is 2. The van der Waals surface area contributed by atoms with Crippen molar-refractivity contribution in [2.75, 3.05) is 19.5 Å². The van der Waals surface area contributed by atoms with Gasteiger partial charge in [-0.1, -0.05) is 51.4 Å². The summed E-state index contributed by atoms with van der Waals surface area (Å²) in [5.41, 5.74) is 0.951. The van der Waals surface area contributed by atoms with E-state index in [4.69, 9.17) is 16.3 Å². The van der Waals surface area contributed by atoms with E-state index in [1.165, 1.54) is 11.8 Å². The van der Waals surface area contributed by atoms with Crippen LogP contribution in [-0.4, -0.2) is 34.8 Å². The molecule has 0 aliphatic rings. The van der Waals surface area contributed by atoms with Gasteiger partial charge in [0.05, 0.1) is 29.8 Å². The Hall–Kier alpha value is -1.67. The summed E-state index contributed by atoms with van der Waals surface area (Å²) >= 11 is 10.6. The standard InChI is InChI=1S/C19H16BrClN2O3S/c1-26-9-8-23-18(25)15-7-6-14(21)10-16(15)22-19(23)27-11-17(24)12-2-4-13(20)5-3-12/h2-7,10H,8-9,11H2,1H3. The molecule has 0 fully saturated rings. The molecule has 0 N–H and O–H groups in total. The molecule has 27 heavy (non-hydrogen) atoms. The smallest absolute Gasteiger partial charge is 0.262 e. The maximum Gasteiger partial charge on any atom is 0.262 e. The van der Waals surface area contributed by atoms with Crippen molar-refractivity contribution in [3.63, 3.8) is 0 Å². The Kier molecular flexibility index (Phi) is 6.70. The minimum Gasteiger partial charge on any atom is -0.383 e. The molecule has 0 spiro atoms. The summed E-state index contributed by atoms with van der Waals surface area (Å²) in [5, 5.41) is 1.46. The normalized spacial score (nSPS) is 11.1. The van der Waals surface area contributed by atoms with Crippen LogP contribution < -0.4 is 5.56 Å². The lowest BCUT2D eigenvalue weighted by atomic mass is 10.2. The van der Waals surface area contributed by atoms with Crippen LogP contribution in [-0.2, 0) is 11.3 Å². The Bertz CT molecular complexity index is 1040. The van der Waals surface area contributed by atoms with Crippen LogP contribution in [0.25, 0.3) is 10.9 Å². The highest BCUT2D eigenvalue weighted by Gasteiger charge is 2.14. The van der Waals surface area contributed by atoms with Gasteiger partial charge in [0, 0.05) is 22.2 Å². The van der Waals surface area contributed by atoms with Crippen molar-refractivity contribution in [2.45, 2.75) is 11.7 Å². The van der Waals surface area contributed by atoms with Gasteiger partial charge in [-0.25, -0.2) is 4.98 Å². The third kappa shape index (κ3) is 4.79. The van der Waals surface area contributed by atoms with Gasteiger partial charge in [0.2, 0.25) is 0 Å². The molecule has 3 rings (SSSR count). The highest BCUT2D eigenvalue weighted by Crippen LogP contribution is 2.22. The number of methoxy groups -OCH3 is 1. The van der Waals surface area contributed by atoms with Gasteiger partial charge in [-0.2, -0.15) is 0 Å². The van der Waals surface area contributed by atoms with Crippen LogP contribution in [0, 0.1) is 0 Å². The Morgan fingerprint density at radius 3 is 2.70 bits per heavy atom. The Labute approximate surface area is 173 Å². The number of thioether (sulfide) groups is 1. The van der Waals surface area contributed by atoms with E-state index < -0.39 is 0 Å². The molecular weight excluding hydrogens is 452 g/mol. The predicted molar refractivity (Wildman–Crippen MR) is 112 cm³/mol. The maximum absolute atomic E-state index is 12.8. The van der Waals surface area contributed by atoms with Crippen LogP contribution >= 0.6 is 39.3 Å². The molecule has 5 nitrogen and oxygen atoms in total. The van der Waals surface area contributed by atoms with E-state index in [2.05, 4.69) is 20.9 Å². The average Bonchev–Trinajstić information content (AvgIpc) is 2.66. The van der Waals surface area contributed by atoms with Gasteiger partial charge in [0.15, 0.2) is 10.9 Å². The minimum atomic E-state index is -0.174. The summed E-state index contributed by atoms with van der Waals surface area (Å²) in [6.07, 6.45) is 0. The first-order valence-electron chi connectivity index (χ1n) is 8.10. The number of hydrogen-bond acceptors (Lipinski definition) is 5. The van der Waals surface area contributed by atoms with Crippen molar-refractivity contribution >= 4 is 56.0 Å². The summed E-state index contributed by atoms with van der Waals surface area (Å²) < 4.78 is 7.56. The zero-order chi connectivity index (χ0) is 19.4. The highest BCUT2D eigenvalue weighted by atomic mass is 79.9. The second-order valence-electron chi connectivity index (χ2n) is 5.72. The van der Waals surface area contributed by atoms with Gasteiger partial charge >= 0.3 is 0 Å². The van der Waals surface area contributed by atoms with Crippen LogP contribution in [0.4, 0.5) is 0 Å². The fourth-order valence-corrected chi connectivity index (χ4v) is 3.86. The fourth-order valence-electron chi connectivity index (χ4n) is 2.51. The van der Waals surface area contributed by atoms with Crippen molar-refractivity contribution in [2.24, 2.45) is 0 Å². The zero-order valence-corrected chi connectivity index (χ0v) is 17.6. The second kappa shape index (κ2) is 9.01. The molecule has 2 aromatic carbocycles. The first-order chi connectivity index (χ1) is 13.0. The summed E-state index contributed by atoms with van der Waals surface area (Å²) in [5.74, 6) is 0.138. The minimum absolute atomic E-state index is 0.0359. The summed E-state index contributed by atoms with van der Waals surface area (Å²) in [6.45, 7) is 0.727. The van der Waals surface area contributed by atoms with E-state index in [0.29, 0.717) is 39.8 Å². The first-order valence-corrected chi connectivity index (χ1v) is 10.3. The number of hydrogen-bond donors (Lipinski definition) is 0. The van der Waals surface area contributed by atoms with Gasteiger partial charge in [0.1, 0.15) is 0 Å². The molecule has 0 radical (unpaired) electrons. The SMILES string of the molecule is COCCn1c(SCC(=O)c2ccc(Br)cc2)nc2cc(Cl)ccc2c1=O. The van der Waals surface area contributed by atoms with Gasteiger partial charge in [-0.3, -0.25) is 14.2 Å². The van der Waals surface area contributed by atoms with Gasteiger partial charge in [-0.15, -0.1) is 0 Å². The second-order valence-corrected chi connectivity index (χ2v) is 8.02. The molecule has 140 valence electrons. The Morgan fingerprint density at radius 2 is 2.00 bits per heavy atom. The molecule has 0 saturated carbocycles. The van der Waals surface area contributed by atoms with E-state index in [9.17, 15) is 9.59 Å². The highest BCUT2D eigenvalue weighted by molar-refractivity contribution is 9.10. The summed E-state index contributed by atoms with van der Waals surface area (Å²) in [7, 11) is 1.57. The lowest BCUT2D eigenvalue weighted by Gasteiger charge is -2.12. The number of nitrogens with zero attached hydrogens (tertiary/aromatic N) is 2. The molecule has 0 aliphatic carbocycles. The van der Waals surface area contributed by atoms with Gasteiger partial charge < -0.3 is 4.74 Å². The molecule has 0 saturated heterocycles. The number of Topliss-reactive ketones (excluding diaryl/α,β-unsaturated/α-hetero) is 1. The molecule has 0 bridgehead atoms. The average molecular weight is 468 g/mol. The van der Waals surface area contributed by atoms with E-state index in [-0.39, 0.29) is 17.1 Å². The molecule has 1 aromatic heterocycles. The maximum atomic E-state index is 12.8. The van der Waals surface area contributed by atoms with Crippen LogP contribution in [0.2, 0.25) is 5.02 Å². The molecule has 3 aromatic rings. The molecule has 0 aliphatic heterocycles. The fraction of sp³-hybridized carbons (Fsp3) is 0.211. The lowest BCUT2D eigenvalue weighted by molar-refractivity contribution is 0.102. The molecular formula is C19H16BrClN2O3S. The van der Waals surface area contributed by atoms with Crippen LogP contribution in [0.3, 0.4) is 0 Å². The molecule has 8 heteroatoms. The quantitative estimate of drug-likeness (QED) is 0.292. The van der Waals surface area contributed by atoms with Crippen molar-refractivity contribution < 1.29 is 9.53 Å². The molecule has 1 heterocycles. The van der Waals surface area contributed by atoms with Gasteiger partial charge in [-0.05, 0) is 30.3 Å². The van der Waals surface area contributed by atoms with E-state index in [1.807, 2.05) is 12.1 Å². The summed E-state index contributed by atoms with van der Waals surface area (Å²) in [4.78, 5) is 29.9. The zero-order valence-electron chi connectivity index (χ0n) is 14.4. The largest absolute Gasteiger partial charge is 0.383 e. The van der Waals surface area contributed by atoms with Crippen LogP contribution in [0.5, 0.6) is 0 Å². The monoisotopic (exact) mass is 466 g/mol. The van der Waals surface area contributed by atoms with E-state index in [0.717, 1.165) is 4.47 Å². The topological polar surface area (TPSA) is 61.2 Å². The number of rotatable bonds is 7. The van der Waals surface area contributed by atoms with Crippen molar-refractivity contribution in [1.82, 2.24) is 9.55 Å². The van der Waals surface area contributed by atoms with E-state index in [1.54, 1.807) is 42.0 Å². The number of ether oxygens (including phenoxy) is 1. The number of aromatic nitrogens is 2.